The third-order valence-electron chi connectivity index (χ3n) is 4.95. The zero-order chi connectivity index (χ0) is 18.7. The molecule has 8 nitrogen and oxygen atoms in total. The van der Waals surface area contributed by atoms with Crippen LogP contribution in [0.2, 0.25) is 0 Å². The zero-order valence-corrected chi connectivity index (χ0v) is 14.5. The lowest BCUT2D eigenvalue weighted by Crippen LogP contribution is -2.34. The first kappa shape index (κ1) is 17.7. The van der Waals surface area contributed by atoms with Crippen molar-refractivity contribution in [3.8, 4) is 6.07 Å². The van der Waals surface area contributed by atoms with Crippen LogP contribution in [0.4, 0.5) is 11.4 Å². The number of amidine groups is 1. The van der Waals surface area contributed by atoms with Gasteiger partial charge in [0, 0.05) is 12.5 Å². The van der Waals surface area contributed by atoms with Crippen LogP contribution in [-0.4, -0.2) is 27.3 Å². The van der Waals surface area contributed by atoms with E-state index in [1.54, 1.807) is 23.0 Å². The second-order valence-electron chi connectivity index (χ2n) is 6.82. The van der Waals surface area contributed by atoms with Gasteiger partial charge in [0.15, 0.2) is 0 Å². The van der Waals surface area contributed by atoms with E-state index in [-0.39, 0.29) is 30.0 Å². The SMILES string of the molecule is N#CCC(=O)C[C@@H]1CCCC[C@H]1Nc1c(C(=N)N)cnn2cc(N)cc12. The highest BCUT2D eigenvalue weighted by Crippen LogP contribution is 2.33. The van der Waals surface area contributed by atoms with E-state index in [4.69, 9.17) is 22.1 Å². The summed E-state index contributed by atoms with van der Waals surface area (Å²) in [4.78, 5) is 12.0. The van der Waals surface area contributed by atoms with Gasteiger partial charge in [-0.15, -0.1) is 0 Å². The number of nitrogen functional groups attached to an aromatic ring is 2. The maximum atomic E-state index is 12.0. The largest absolute Gasteiger partial charge is 0.397 e. The Balaban J connectivity index is 1.92. The summed E-state index contributed by atoms with van der Waals surface area (Å²) in [7, 11) is 0. The number of nitrogens with one attached hydrogen (secondary N) is 2. The maximum Gasteiger partial charge on any atom is 0.147 e. The smallest absolute Gasteiger partial charge is 0.147 e. The molecular weight excluding hydrogens is 330 g/mol. The fraction of sp³-hybridized carbons (Fsp3) is 0.444. The first-order valence-corrected chi connectivity index (χ1v) is 8.76. The molecule has 2 heterocycles. The van der Waals surface area contributed by atoms with Gasteiger partial charge in [-0.3, -0.25) is 10.2 Å². The Morgan fingerprint density at radius 1 is 1.46 bits per heavy atom. The second-order valence-corrected chi connectivity index (χ2v) is 6.82. The molecule has 1 saturated carbocycles. The summed E-state index contributed by atoms with van der Waals surface area (Å²) in [6, 6.07) is 3.80. The van der Waals surface area contributed by atoms with E-state index >= 15 is 0 Å². The number of carbonyl (C=O) groups excluding carboxylic acids is 1. The highest BCUT2D eigenvalue weighted by molar-refractivity contribution is 6.03. The van der Waals surface area contributed by atoms with Crippen LogP contribution in [0.5, 0.6) is 0 Å². The number of rotatable bonds is 6. The summed E-state index contributed by atoms with van der Waals surface area (Å²) in [6.45, 7) is 0. The monoisotopic (exact) mass is 353 g/mol. The first-order valence-electron chi connectivity index (χ1n) is 8.76. The van der Waals surface area contributed by atoms with Gasteiger partial charge < -0.3 is 16.8 Å². The number of nitrogens with zero attached hydrogens (tertiary/aromatic N) is 3. The summed E-state index contributed by atoms with van der Waals surface area (Å²) in [5.74, 6) is 0.0601. The topological polar surface area (TPSA) is 146 Å². The Bertz CT molecular complexity index is 880. The van der Waals surface area contributed by atoms with Crippen molar-refractivity contribution in [2.45, 2.75) is 44.6 Å². The van der Waals surface area contributed by atoms with Crippen LogP contribution in [0.3, 0.4) is 0 Å². The summed E-state index contributed by atoms with van der Waals surface area (Å²) >= 11 is 0. The molecule has 0 spiro atoms. The highest BCUT2D eigenvalue weighted by atomic mass is 16.1. The second kappa shape index (κ2) is 7.44. The van der Waals surface area contributed by atoms with Gasteiger partial charge in [-0.05, 0) is 24.8 Å². The number of carbonyl (C=O) groups is 1. The number of hydrogen-bond donors (Lipinski definition) is 4. The highest BCUT2D eigenvalue weighted by Gasteiger charge is 2.28. The van der Waals surface area contributed by atoms with Crippen LogP contribution in [0.25, 0.3) is 5.52 Å². The number of hydrogen-bond acceptors (Lipinski definition) is 6. The minimum Gasteiger partial charge on any atom is -0.397 e. The molecule has 3 rings (SSSR count). The van der Waals surface area contributed by atoms with Crippen molar-refractivity contribution in [3.63, 3.8) is 0 Å². The lowest BCUT2D eigenvalue weighted by Gasteiger charge is -2.33. The molecule has 0 bridgehead atoms. The predicted octanol–water partition coefficient (Wildman–Crippen LogP) is 2.04. The van der Waals surface area contributed by atoms with Crippen LogP contribution < -0.4 is 16.8 Å². The molecule has 1 aliphatic rings. The lowest BCUT2D eigenvalue weighted by atomic mass is 9.81. The van der Waals surface area contributed by atoms with Crippen molar-refractivity contribution in [1.29, 1.82) is 10.7 Å². The molecular formula is C18H23N7O. The Kier molecular flexibility index (Phi) is 5.07. The summed E-state index contributed by atoms with van der Waals surface area (Å²) in [6.07, 6.45) is 7.62. The van der Waals surface area contributed by atoms with Crippen LogP contribution in [-0.2, 0) is 4.79 Å². The fourth-order valence-corrected chi connectivity index (χ4v) is 3.71. The number of fused-ring (bicyclic) bond motifs is 1. The number of aromatic nitrogens is 2. The van der Waals surface area contributed by atoms with Crippen molar-refractivity contribution in [2.24, 2.45) is 11.7 Å². The van der Waals surface area contributed by atoms with Crippen molar-refractivity contribution in [3.05, 3.63) is 24.0 Å². The van der Waals surface area contributed by atoms with Gasteiger partial charge in [0.2, 0.25) is 0 Å². The maximum absolute atomic E-state index is 12.0. The minimum atomic E-state index is -0.0739. The fourth-order valence-electron chi connectivity index (χ4n) is 3.71. The molecule has 0 saturated heterocycles. The summed E-state index contributed by atoms with van der Waals surface area (Å²) in [5.41, 5.74) is 14.2. The first-order chi connectivity index (χ1) is 12.5. The molecule has 2 atom stereocenters. The quantitative estimate of drug-likeness (QED) is 0.462. The molecule has 1 aliphatic carbocycles. The average Bonchev–Trinajstić information content (AvgIpc) is 2.97. The number of nitriles is 1. The molecule has 0 aliphatic heterocycles. The average molecular weight is 353 g/mol. The van der Waals surface area contributed by atoms with Gasteiger partial charge in [-0.1, -0.05) is 12.8 Å². The van der Waals surface area contributed by atoms with E-state index in [0.29, 0.717) is 23.4 Å². The van der Waals surface area contributed by atoms with Gasteiger partial charge in [0.25, 0.3) is 0 Å². The van der Waals surface area contributed by atoms with Gasteiger partial charge in [0.05, 0.1) is 47.3 Å². The van der Waals surface area contributed by atoms with Crippen LogP contribution in [0.1, 0.15) is 44.1 Å². The van der Waals surface area contributed by atoms with E-state index in [1.165, 1.54) is 0 Å². The molecule has 8 heteroatoms. The number of Topliss-reactive ketones (excluding diaryl/α,β-unsaturated/α-hetero) is 1. The van der Waals surface area contributed by atoms with E-state index in [2.05, 4.69) is 10.4 Å². The molecule has 2 aromatic heterocycles. The molecule has 6 N–H and O–H groups in total. The van der Waals surface area contributed by atoms with Crippen LogP contribution in [0.15, 0.2) is 18.5 Å². The number of ketones is 1. The van der Waals surface area contributed by atoms with Crippen LogP contribution in [0, 0.1) is 22.7 Å². The minimum absolute atomic E-state index is 0.0233. The third-order valence-corrected chi connectivity index (χ3v) is 4.95. The van der Waals surface area contributed by atoms with E-state index in [0.717, 1.165) is 31.2 Å². The molecule has 26 heavy (non-hydrogen) atoms. The van der Waals surface area contributed by atoms with Gasteiger partial charge in [0.1, 0.15) is 11.6 Å². The summed E-state index contributed by atoms with van der Waals surface area (Å²) < 4.78 is 1.66. The predicted molar refractivity (Wildman–Crippen MR) is 99.8 cm³/mol. The standard InChI is InChI=1S/C18H23N7O/c19-6-5-13(26)7-11-3-1-2-4-15(11)24-17-14(18(21)22)9-23-25-10-12(20)8-16(17)25/h8-11,15,24H,1-5,7,20H2,(H3,21,22)/t11-,15+/m0/s1. The Hall–Kier alpha value is -3.08. The third kappa shape index (κ3) is 3.61. The molecule has 0 radical (unpaired) electrons. The lowest BCUT2D eigenvalue weighted by molar-refractivity contribution is -0.119. The zero-order valence-electron chi connectivity index (χ0n) is 14.5. The molecule has 0 aromatic carbocycles. The number of nitrogens with two attached hydrogens (primary N) is 2. The molecule has 0 amide bonds. The molecule has 136 valence electrons. The van der Waals surface area contributed by atoms with E-state index in [9.17, 15) is 4.79 Å². The van der Waals surface area contributed by atoms with Crippen LogP contribution >= 0.6 is 0 Å². The van der Waals surface area contributed by atoms with Crippen molar-refractivity contribution >= 4 is 28.5 Å². The Morgan fingerprint density at radius 3 is 2.96 bits per heavy atom. The Morgan fingerprint density at radius 2 is 2.23 bits per heavy atom. The van der Waals surface area contributed by atoms with Gasteiger partial charge in [-0.25, -0.2) is 4.52 Å². The van der Waals surface area contributed by atoms with E-state index < -0.39 is 0 Å². The van der Waals surface area contributed by atoms with Crippen molar-refractivity contribution in [1.82, 2.24) is 9.61 Å². The molecule has 1 fully saturated rings. The van der Waals surface area contributed by atoms with Gasteiger partial charge >= 0.3 is 0 Å². The van der Waals surface area contributed by atoms with E-state index in [1.807, 2.05) is 6.07 Å². The number of anilines is 2. The van der Waals surface area contributed by atoms with Crippen molar-refractivity contribution < 1.29 is 4.79 Å². The molecule has 2 aromatic rings. The van der Waals surface area contributed by atoms with Gasteiger partial charge in [-0.2, -0.15) is 10.4 Å². The molecule has 0 unspecified atom stereocenters. The van der Waals surface area contributed by atoms with Crippen molar-refractivity contribution in [2.75, 3.05) is 11.1 Å². The summed E-state index contributed by atoms with van der Waals surface area (Å²) in [5, 5.41) is 24.4. The Labute approximate surface area is 151 Å². The normalized spacial score (nSPS) is 19.8.